The summed E-state index contributed by atoms with van der Waals surface area (Å²) in [6, 6.07) is 4.88. The first kappa shape index (κ1) is 15.3. The molecule has 1 aromatic rings. The van der Waals surface area contributed by atoms with Crippen molar-refractivity contribution >= 4 is 15.7 Å². The van der Waals surface area contributed by atoms with E-state index in [1.165, 1.54) is 10.4 Å². The standard InChI is InChI=1S/C14H22N2O3S/c1-10-4-5-12(8-13(10)15)20(17,18)16-7-6-11(2)14(9-16)19-3/h4-5,8,11,14H,6-7,9,15H2,1-3H3. The molecular weight excluding hydrogens is 276 g/mol. The fourth-order valence-corrected chi connectivity index (χ4v) is 3.96. The van der Waals surface area contributed by atoms with Crippen molar-refractivity contribution in [1.82, 2.24) is 4.31 Å². The Morgan fingerprint density at radius 1 is 1.40 bits per heavy atom. The van der Waals surface area contributed by atoms with Gasteiger partial charge in [0.05, 0.1) is 11.0 Å². The van der Waals surface area contributed by atoms with E-state index < -0.39 is 10.0 Å². The van der Waals surface area contributed by atoms with Crippen LogP contribution >= 0.6 is 0 Å². The molecular formula is C14H22N2O3S. The highest BCUT2D eigenvalue weighted by molar-refractivity contribution is 7.89. The average Bonchev–Trinajstić information content (AvgIpc) is 2.42. The number of hydrogen-bond acceptors (Lipinski definition) is 4. The Hall–Kier alpha value is -1.11. The third kappa shape index (κ3) is 2.82. The summed E-state index contributed by atoms with van der Waals surface area (Å²) < 4.78 is 32.1. The zero-order valence-electron chi connectivity index (χ0n) is 12.2. The molecule has 0 amide bonds. The molecule has 6 heteroatoms. The largest absolute Gasteiger partial charge is 0.398 e. The lowest BCUT2D eigenvalue weighted by atomic mass is 9.97. The maximum absolute atomic E-state index is 12.6. The Kier molecular flexibility index (Phi) is 4.36. The van der Waals surface area contributed by atoms with E-state index in [-0.39, 0.29) is 11.0 Å². The molecule has 0 aliphatic carbocycles. The number of nitrogen functional groups attached to an aromatic ring is 1. The van der Waals surface area contributed by atoms with Gasteiger partial charge in [-0.05, 0) is 37.0 Å². The number of aryl methyl sites for hydroxylation is 1. The molecule has 5 nitrogen and oxygen atoms in total. The summed E-state index contributed by atoms with van der Waals surface area (Å²) >= 11 is 0. The molecule has 2 atom stereocenters. The predicted molar refractivity (Wildman–Crippen MR) is 78.9 cm³/mol. The molecule has 0 bridgehead atoms. The molecule has 2 rings (SSSR count). The van der Waals surface area contributed by atoms with Gasteiger partial charge in [-0.3, -0.25) is 0 Å². The fraction of sp³-hybridized carbons (Fsp3) is 0.571. The number of benzene rings is 1. The maximum Gasteiger partial charge on any atom is 0.243 e. The van der Waals surface area contributed by atoms with E-state index in [0.29, 0.717) is 24.7 Å². The number of nitrogens with zero attached hydrogens (tertiary/aromatic N) is 1. The van der Waals surface area contributed by atoms with Gasteiger partial charge in [0.15, 0.2) is 0 Å². The summed E-state index contributed by atoms with van der Waals surface area (Å²) in [5, 5.41) is 0. The summed E-state index contributed by atoms with van der Waals surface area (Å²) in [7, 11) is -1.87. The van der Waals surface area contributed by atoms with Crippen molar-refractivity contribution < 1.29 is 13.2 Å². The minimum Gasteiger partial charge on any atom is -0.398 e. The number of nitrogens with two attached hydrogens (primary N) is 1. The number of piperidine rings is 1. The molecule has 1 fully saturated rings. The van der Waals surface area contributed by atoms with Crippen molar-refractivity contribution in [3.8, 4) is 0 Å². The number of anilines is 1. The van der Waals surface area contributed by atoms with Gasteiger partial charge in [-0.1, -0.05) is 13.0 Å². The van der Waals surface area contributed by atoms with E-state index >= 15 is 0 Å². The van der Waals surface area contributed by atoms with E-state index in [1.807, 2.05) is 6.92 Å². The van der Waals surface area contributed by atoms with Crippen molar-refractivity contribution in [2.24, 2.45) is 5.92 Å². The summed E-state index contributed by atoms with van der Waals surface area (Å²) in [4.78, 5) is 0.255. The lowest BCUT2D eigenvalue weighted by Crippen LogP contribution is -2.46. The first-order valence-corrected chi connectivity index (χ1v) is 8.19. The highest BCUT2D eigenvalue weighted by atomic mass is 32.2. The maximum atomic E-state index is 12.6. The van der Waals surface area contributed by atoms with Crippen LogP contribution in [0.2, 0.25) is 0 Å². The average molecular weight is 298 g/mol. The van der Waals surface area contributed by atoms with Crippen LogP contribution in [-0.2, 0) is 14.8 Å². The molecule has 20 heavy (non-hydrogen) atoms. The van der Waals surface area contributed by atoms with Gasteiger partial charge >= 0.3 is 0 Å². The second kappa shape index (κ2) is 5.71. The zero-order chi connectivity index (χ0) is 14.9. The number of methoxy groups -OCH3 is 1. The van der Waals surface area contributed by atoms with Crippen molar-refractivity contribution in [2.75, 3.05) is 25.9 Å². The van der Waals surface area contributed by atoms with Gasteiger partial charge in [0, 0.05) is 25.9 Å². The Morgan fingerprint density at radius 2 is 2.10 bits per heavy atom. The topological polar surface area (TPSA) is 72.6 Å². The summed E-state index contributed by atoms with van der Waals surface area (Å²) in [5.41, 5.74) is 7.20. The quantitative estimate of drug-likeness (QED) is 0.861. The molecule has 112 valence electrons. The Balaban J connectivity index is 2.28. The fourth-order valence-electron chi connectivity index (χ4n) is 2.46. The number of hydrogen-bond donors (Lipinski definition) is 1. The van der Waals surface area contributed by atoms with Crippen LogP contribution < -0.4 is 5.73 Å². The van der Waals surface area contributed by atoms with Crippen molar-refractivity contribution in [3.05, 3.63) is 23.8 Å². The van der Waals surface area contributed by atoms with Crippen molar-refractivity contribution in [3.63, 3.8) is 0 Å². The van der Waals surface area contributed by atoms with E-state index in [1.54, 1.807) is 19.2 Å². The second-order valence-corrected chi connectivity index (χ2v) is 7.36. The van der Waals surface area contributed by atoms with Gasteiger partial charge < -0.3 is 10.5 Å². The van der Waals surface area contributed by atoms with E-state index in [0.717, 1.165) is 12.0 Å². The number of rotatable bonds is 3. The van der Waals surface area contributed by atoms with Crippen LogP contribution in [-0.4, -0.2) is 39.0 Å². The number of sulfonamides is 1. The molecule has 2 N–H and O–H groups in total. The summed E-state index contributed by atoms with van der Waals surface area (Å²) in [5.74, 6) is 0.370. The zero-order valence-corrected chi connectivity index (χ0v) is 13.0. The Labute approximate surface area is 120 Å². The monoisotopic (exact) mass is 298 g/mol. The summed E-state index contributed by atoms with van der Waals surface area (Å²) in [6.07, 6.45) is 0.750. The van der Waals surface area contributed by atoms with Crippen LogP contribution in [0.4, 0.5) is 5.69 Å². The molecule has 1 aromatic carbocycles. The third-order valence-corrected chi connectivity index (χ3v) is 5.90. The highest BCUT2D eigenvalue weighted by Crippen LogP contribution is 2.26. The predicted octanol–water partition coefficient (Wildman–Crippen LogP) is 1.62. The normalized spacial score (nSPS) is 24.8. The SMILES string of the molecule is COC1CN(S(=O)(=O)c2ccc(C)c(N)c2)CCC1C. The third-order valence-electron chi connectivity index (χ3n) is 4.04. The van der Waals surface area contributed by atoms with Gasteiger partial charge in [0.1, 0.15) is 0 Å². The minimum atomic E-state index is -3.49. The Bertz CT molecular complexity index is 586. The molecule has 0 radical (unpaired) electrons. The van der Waals surface area contributed by atoms with Crippen LogP contribution in [0.5, 0.6) is 0 Å². The molecule has 1 saturated heterocycles. The first-order chi connectivity index (χ1) is 9.36. The van der Waals surface area contributed by atoms with Gasteiger partial charge in [-0.15, -0.1) is 0 Å². The van der Waals surface area contributed by atoms with E-state index in [9.17, 15) is 8.42 Å². The molecule has 2 unspecified atom stereocenters. The highest BCUT2D eigenvalue weighted by Gasteiger charge is 2.33. The molecule has 1 aliphatic heterocycles. The van der Waals surface area contributed by atoms with Crippen LogP contribution in [0, 0.1) is 12.8 Å². The summed E-state index contributed by atoms with van der Waals surface area (Å²) in [6.45, 7) is 4.86. The van der Waals surface area contributed by atoms with Crippen LogP contribution in [0.3, 0.4) is 0 Å². The lowest BCUT2D eigenvalue weighted by molar-refractivity contribution is 0.0184. The molecule has 0 spiro atoms. The van der Waals surface area contributed by atoms with Gasteiger partial charge in [-0.25, -0.2) is 8.42 Å². The molecule has 1 heterocycles. The number of ether oxygens (including phenoxy) is 1. The first-order valence-electron chi connectivity index (χ1n) is 6.75. The van der Waals surface area contributed by atoms with Crippen molar-refractivity contribution in [2.45, 2.75) is 31.3 Å². The smallest absolute Gasteiger partial charge is 0.243 e. The van der Waals surface area contributed by atoms with E-state index in [2.05, 4.69) is 6.92 Å². The minimum absolute atomic E-state index is 0.0543. The van der Waals surface area contributed by atoms with Gasteiger partial charge in [0.2, 0.25) is 10.0 Å². The van der Waals surface area contributed by atoms with Gasteiger partial charge in [0.25, 0.3) is 0 Å². The van der Waals surface area contributed by atoms with Crippen LogP contribution in [0.1, 0.15) is 18.9 Å². The van der Waals surface area contributed by atoms with Gasteiger partial charge in [-0.2, -0.15) is 4.31 Å². The van der Waals surface area contributed by atoms with E-state index in [4.69, 9.17) is 10.5 Å². The van der Waals surface area contributed by atoms with Crippen molar-refractivity contribution in [1.29, 1.82) is 0 Å². The Morgan fingerprint density at radius 3 is 2.70 bits per heavy atom. The van der Waals surface area contributed by atoms with Crippen LogP contribution in [0.25, 0.3) is 0 Å². The molecule has 0 aromatic heterocycles. The molecule has 0 saturated carbocycles. The molecule has 1 aliphatic rings. The lowest BCUT2D eigenvalue weighted by Gasteiger charge is -2.35. The van der Waals surface area contributed by atoms with Crippen LogP contribution in [0.15, 0.2) is 23.1 Å². The second-order valence-electron chi connectivity index (χ2n) is 5.42.